The van der Waals surface area contributed by atoms with Crippen molar-refractivity contribution in [3.63, 3.8) is 0 Å². The number of halogens is 1. The molecule has 0 spiro atoms. The Morgan fingerprint density at radius 2 is 2.12 bits per heavy atom. The summed E-state index contributed by atoms with van der Waals surface area (Å²) in [6, 6.07) is 7.65. The average molecular weight is 266 g/mol. The molecule has 88 valence electrons. The maximum absolute atomic E-state index is 6.03. The Balaban J connectivity index is 2.05. The van der Waals surface area contributed by atoms with Gasteiger partial charge < -0.3 is 5.73 Å². The molecule has 0 saturated heterocycles. The number of aromatic nitrogens is 2. The average Bonchev–Trinajstić information content (AvgIpc) is 2.38. The zero-order chi connectivity index (χ0) is 12.1. The molecule has 2 aromatic heterocycles. The van der Waals surface area contributed by atoms with Crippen molar-refractivity contribution in [2.75, 3.05) is 0 Å². The van der Waals surface area contributed by atoms with Gasteiger partial charge in [0.2, 0.25) is 0 Å². The first-order chi connectivity index (χ1) is 8.29. The maximum Gasteiger partial charge on any atom is 0.115 e. The molecule has 0 aliphatic rings. The van der Waals surface area contributed by atoms with Gasteiger partial charge in [0.15, 0.2) is 0 Å². The summed E-state index contributed by atoms with van der Waals surface area (Å²) in [5.41, 5.74) is 7.62. The summed E-state index contributed by atoms with van der Waals surface area (Å²) in [6.45, 7) is 0.461. The minimum Gasteiger partial charge on any atom is -0.325 e. The van der Waals surface area contributed by atoms with Crippen molar-refractivity contribution >= 4 is 23.4 Å². The molecule has 0 aromatic carbocycles. The molecule has 3 nitrogen and oxygen atoms in total. The number of rotatable bonds is 4. The van der Waals surface area contributed by atoms with E-state index in [0.29, 0.717) is 11.6 Å². The molecule has 0 bridgehead atoms. The second-order valence-electron chi connectivity index (χ2n) is 3.44. The molecule has 0 aliphatic heterocycles. The standard InChI is InChI=1S/C12H12ClN3S/c13-11-2-1-4-16-12(11)17-8-9-3-5-15-10(6-9)7-14/h1-6H,7-8,14H2. The van der Waals surface area contributed by atoms with Gasteiger partial charge in [-0.25, -0.2) is 4.98 Å². The second-order valence-corrected chi connectivity index (χ2v) is 4.81. The molecular weight excluding hydrogens is 254 g/mol. The Kier molecular flexibility index (Phi) is 4.36. The van der Waals surface area contributed by atoms with Crippen molar-refractivity contribution in [3.05, 3.63) is 52.9 Å². The number of nitrogens with zero attached hydrogens (tertiary/aromatic N) is 2. The van der Waals surface area contributed by atoms with Crippen LogP contribution >= 0.6 is 23.4 Å². The molecule has 2 rings (SSSR count). The van der Waals surface area contributed by atoms with Crippen LogP contribution in [0.15, 0.2) is 41.7 Å². The van der Waals surface area contributed by atoms with E-state index < -0.39 is 0 Å². The summed E-state index contributed by atoms with van der Waals surface area (Å²) < 4.78 is 0. The van der Waals surface area contributed by atoms with Gasteiger partial charge in [0.25, 0.3) is 0 Å². The first-order valence-electron chi connectivity index (χ1n) is 5.17. The summed E-state index contributed by atoms with van der Waals surface area (Å²) in [5, 5.41) is 1.53. The Bertz CT molecular complexity index is 505. The molecular formula is C12H12ClN3S. The SMILES string of the molecule is NCc1cc(CSc2ncccc2Cl)ccn1. The molecule has 17 heavy (non-hydrogen) atoms. The highest BCUT2D eigenvalue weighted by Gasteiger charge is 2.02. The summed E-state index contributed by atoms with van der Waals surface area (Å²) in [5.74, 6) is 0.812. The van der Waals surface area contributed by atoms with Gasteiger partial charge in [-0.15, -0.1) is 11.8 Å². The van der Waals surface area contributed by atoms with Crippen molar-refractivity contribution in [1.82, 2.24) is 9.97 Å². The van der Waals surface area contributed by atoms with E-state index in [9.17, 15) is 0 Å². The Hall–Kier alpha value is -1.10. The van der Waals surface area contributed by atoms with Gasteiger partial charge in [0, 0.05) is 24.7 Å². The highest BCUT2D eigenvalue weighted by Crippen LogP contribution is 2.27. The van der Waals surface area contributed by atoms with E-state index in [1.165, 1.54) is 5.56 Å². The molecule has 0 atom stereocenters. The highest BCUT2D eigenvalue weighted by atomic mass is 35.5. The molecule has 0 saturated carbocycles. The van der Waals surface area contributed by atoms with Crippen molar-refractivity contribution in [2.24, 2.45) is 5.73 Å². The number of pyridine rings is 2. The van der Waals surface area contributed by atoms with Crippen molar-refractivity contribution in [1.29, 1.82) is 0 Å². The van der Waals surface area contributed by atoms with E-state index >= 15 is 0 Å². The van der Waals surface area contributed by atoms with Gasteiger partial charge in [-0.1, -0.05) is 11.6 Å². The van der Waals surface area contributed by atoms with Gasteiger partial charge in [-0.2, -0.15) is 0 Å². The van der Waals surface area contributed by atoms with Crippen LogP contribution in [0.5, 0.6) is 0 Å². The predicted octanol–water partition coefficient (Wildman–Crippen LogP) is 2.88. The summed E-state index contributed by atoms with van der Waals surface area (Å²) in [6.07, 6.45) is 3.52. The zero-order valence-corrected chi connectivity index (χ0v) is 10.7. The Labute approximate surface area is 109 Å². The second kappa shape index (κ2) is 6.00. The number of hydrogen-bond acceptors (Lipinski definition) is 4. The smallest absolute Gasteiger partial charge is 0.115 e. The highest BCUT2D eigenvalue weighted by molar-refractivity contribution is 7.98. The van der Waals surface area contributed by atoms with E-state index in [1.807, 2.05) is 24.3 Å². The molecule has 0 radical (unpaired) electrons. The lowest BCUT2D eigenvalue weighted by atomic mass is 10.2. The van der Waals surface area contributed by atoms with Crippen LogP contribution in [0.2, 0.25) is 5.02 Å². The largest absolute Gasteiger partial charge is 0.325 e. The predicted molar refractivity (Wildman–Crippen MR) is 70.9 cm³/mol. The quantitative estimate of drug-likeness (QED) is 0.864. The molecule has 0 fully saturated rings. The number of nitrogens with two attached hydrogens (primary N) is 1. The summed E-state index contributed by atoms with van der Waals surface area (Å²) in [4.78, 5) is 8.38. The molecule has 0 unspecified atom stereocenters. The third kappa shape index (κ3) is 3.43. The van der Waals surface area contributed by atoms with Crippen LogP contribution in [0.1, 0.15) is 11.3 Å². The summed E-state index contributed by atoms with van der Waals surface area (Å²) in [7, 11) is 0. The molecule has 0 amide bonds. The normalized spacial score (nSPS) is 10.5. The molecule has 0 aliphatic carbocycles. The number of hydrogen-bond donors (Lipinski definition) is 1. The topological polar surface area (TPSA) is 51.8 Å². The van der Waals surface area contributed by atoms with E-state index in [1.54, 1.807) is 24.2 Å². The van der Waals surface area contributed by atoms with E-state index in [2.05, 4.69) is 9.97 Å². The van der Waals surface area contributed by atoms with Crippen LogP contribution < -0.4 is 5.73 Å². The Morgan fingerprint density at radius 1 is 1.24 bits per heavy atom. The lowest BCUT2D eigenvalue weighted by Gasteiger charge is -2.04. The van der Waals surface area contributed by atoms with Crippen molar-refractivity contribution in [2.45, 2.75) is 17.3 Å². The van der Waals surface area contributed by atoms with E-state index in [-0.39, 0.29) is 0 Å². The Morgan fingerprint density at radius 3 is 2.88 bits per heavy atom. The molecule has 2 aromatic rings. The van der Waals surface area contributed by atoms with Gasteiger partial charge >= 0.3 is 0 Å². The van der Waals surface area contributed by atoms with Crippen LogP contribution in [0.4, 0.5) is 0 Å². The lowest BCUT2D eigenvalue weighted by Crippen LogP contribution is -1.99. The minimum atomic E-state index is 0.461. The maximum atomic E-state index is 6.03. The fourth-order valence-corrected chi connectivity index (χ4v) is 2.47. The fourth-order valence-electron chi connectivity index (χ4n) is 1.36. The third-order valence-corrected chi connectivity index (χ3v) is 3.68. The third-order valence-electron chi connectivity index (χ3n) is 2.19. The lowest BCUT2D eigenvalue weighted by molar-refractivity contribution is 0.983. The minimum absolute atomic E-state index is 0.461. The van der Waals surface area contributed by atoms with Gasteiger partial charge in [0.05, 0.1) is 10.7 Å². The van der Waals surface area contributed by atoms with E-state index in [4.69, 9.17) is 17.3 Å². The van der Waals surface area contributed by atoms with Crippen molar-refractivity contribution < 1.29 is 0 Å². The van der Waals surface area contributed by atoms with E-state index in [0.717, 1.165) is 16.5 Å². The van der Waals surface area contributed by atoms with Crippen LogP contribution in [0.25, 0.3) is 0 Å². The van der Waals surface area contributed by atoms with Gasteiger partial charge in [-0.3, -0.25) is 4.98 Å². The van der Waals surface area contributed by atoms with Crippen LogP contribution in [0, 0.1) is 0 Å². The van der Waals surface area contributed by atoms with Gasteiger partial charge in [-0.05, 0) is 29.8 Å². The van der Waals surface area contributed by atoms with Crippen LogP contribution in [-0.4, -0.2) is 9.97 Å². The molecule has 5 heteroatoms. The zero-order valence-electron chi connectivity index (χ0n) is 9.14. The molecule has 2 heterocycles. The summed E-state index contributed by atoms with van der Waals surface area (Å²) >= 11 is 7.64. The van der Waals surface area contributed by atoms with Crippen molar-refractivity contribution in [3.8, 4) is 0 Å². The first-order valence-corrected chi connectivity index (χ1v) is 6.53. The first kappa shape index (κ1) is 12.4. The fraction of sp³-hybridized carbons (Fsp3) is 0.167. The van der Waals surface area contributed by atoms with Gasteiger partial charge in [0.1, 0.15) is 5.03 Å². The monoisotopic (exact) mass is 265 g/mol. The number of thioether (sulfide) groups is 1. The van der Waals surface area contributed by atoms with Crippen LogP contribution in [-0.2, 0) is 12.3 Å². The molecule has 2 N–H and O–H groups in total. The van der Waals surface area contributed by atoms with Crippen LogP contribution in [0.3, 0.4) is 0 Å².